The maximum atomic E-state index is 13.0. The van der Waals surface area contributed by atoms with Crippen LogP contribution in [0.3, 0.4) is 0 Å². The predicted octanol–water partition coefficient (Wildman–Crippen LogP) is 6.89. The number of aryl methyl sites for hydroxylation is 3. The van der Waals surface area contributed by atoms with Crippen LogP contribution in [0, 0.1) is 32.1 Å². The number of nitriles is 1. The Kier molecular flexibility index (Phi) is 6.75. The zero-order valence-electron chi connectivity index (χ0n) is 19.6. The minimum Gasteiger partial charge on any atom is -0.488 e. The van der Waals surface area contributed by atoms with Gasteiger partial charge in [0.2, 0.25) is 0 Å². The fraction of sp³-hybridized carbons (Fsp3) is 0.133. The van der Waals surface area contributed by atoms with Crippen LogP contribution in [0.4, 0.5) is 5.69 Å². The first-order chi connectivity index (χ1) is 16.4. The quantitative estimate of drug-likeness (QED) is 0.259. The number of fused-ring (bicyclic) bond motifs is 1. The molecule has 1 N–H and O–H groups in total. The number of benzene rings is 4. The van der Waals surface area contributed by atoms with Gasteiger partial charge in [0.25, 0.3) is 5.91 Å². The first-order valence-corrected chi connectivity index (χ1v) is 11.1. The number of ether oxygens (including phenoxy) is 1. The summed E-state index contributed by atoms with van der Waals surface area (Å²) in [7, 11) is 0. The van der Waals surface area contributed by atoms with E-state index in [9.17, 15) is 10.1 Å². The molecule has 4 nitrogen and oxygen atoms in total. The van der Waals surface area contributed by atoms with Crippen molar-refractivity contribution in [2.75, 3.05) is 5.32 Å². The zero-order chi connectivity index (χ0) is 24.1. The molecule has 0 saturated heterocycles. The molecule has 34 heavy (non-hydrogen) atoms. The van der Waals surface area contributed by atoms with Crippen molar-refractivity contribution < 1.29 is 9.53 Å². The minimum absolute atomic E-state index is 0.0117. The average Bonchev–Trinajstić information content (AvgIpc) is 2.83. The summed E-state index contributed by atoms with van der Waals surface area (Å²) in [6, 6.07) is 27.8. The lowest BCUT2D eigenvalue weighted by atomic mass is 10.0. The summed E-state index contributed by atoms with van der Waals surface area (Å²) in [6.07, 6.45) is 1.62. The minimum atomic E-state index is -0.450. The summed E-state index contributed by atoms with van der Waals surface area (Å²) in [5.41, 5.74) is 5.59. The summed E-state index contributed by atoms with van der Waals surface area (Å²) in [5.74, 6) is 0.168. The summed E-state index contributed by atoms with van der Waals surface area (Å²) < 4.78 is 6.18. The van der Waals surface area contributed by atoms with E-state index < -0.39 is 5.91 Å². The number of nitrogens with one attached hydrogen (secondary N) is 1. The van der Waals surface area contributed by atoms with Crippen molar-refractivity contribution in [2.45, 2.75) is 27.4 Å². The SMILES string of the molecule is Cc1cccc(COc2ccc3ccccc3c2/C=C(\C#N)C(=O)Nc2cc(C)ccc2C)c1. The fourth-order valence-corrected chi connectivity index (χ4v) is 3.87. The maximum Gasteiger partial charge on any atom is 0.266 e. The molecule has 0 spiro atoms. The van der Waals surface area contributed by atoms with Gasteiger partial charge in [-0.2, -0.15) is 5.26 Å². The molecule has 0 atom stereocenters. The van der Waals surface area contributed by atoms with Crippen molar-refractivity contribution in [1.82, 2.24) is 0 Å². The summed E-state index contributed by atoms with van der Waals surface area (Å²) in [5, 5.41) is 14.6. The number of amides is 1. The van der Waals surface area contributed by atoms with Gasteiger partial charge < -0.3 is 10.1 Å². The monoisotopic (exact) mass is 446 g/mol. The van der Waals surface area contributed by atoms with Gasteiger partial charge in [0, 0.05) is 11.3 Å². The van der Waals surface area contributed by atoms with Crippen LogP contribution in [0.1, 0.15) is 27.8 Å². The summed E-state index contributed by atoms with van der Waals surface area (Å²) in [6.45, 7) is 6.32. The van der Waals surface area contributed by atoms with E-state index in [0.717, 1.165) is 33.0 Å². The van der Waals surface area contributed by atoms with E-state index >= 15 is 0 Å². The number of rotatable bonds is 6. The highest BCUT2D eigenvalue weighted by Gasteiger charge is 2.15. The Balaban J connectivity index is 1.71. The standard InChI is InChI=1S/C30H26N2O2/c1-20-7-6-8-23(15-20)19-34-29-14-13-24-9-4-5-10-26(24)27(29)17-25(18-31)30(33)32-28-16-21(2)11-12-22(28)3/h4-17H,19H2,1-3H3,(H,32,33)/b25-17+. The van der Waals surface area contributed by atoms with Gasteiger partial charge in [0.05, 0.1) is 0 Å². The Morgan fingerprint density at radius 1 is 0.941 bits per heavy atom. The molecule has 4 rings (SSSR count). The number of hydrogen-bond donors (Lipinski definition) is 1. The number of anilines is 1. The molecule has 0 aliphatic rings. The van der Waals surface area contributed by atoms with Gasteiger partial charge in [-0.05, 0) is 66.4 Å². The number of hydrogen-bond acceptors (Lipinski definition) is 3. The largest absolute Gasteiger partial charge is 0.488 e. The molecule has 4 aromatic rings. The zero-order valence-corrected chi connectivity index (χ0v) is 19.6. The summed E-state index contributed by atoms with van der Waals surface area (Å²) >= 11 is 0. The van der Waals surface area contributed by atoms with Gasteiger partial charge in [-0.3, -0.25) is 4.79 Å². The molecule has 4 aromatic carbocycles. The van der Waals surface area contributed by atoms with Crippen molar-refractivity contribution in [3.63, 3.8) is 0 Å². The van der Waals surface area contributed by atoms with E-state index in [1.807, 2.05) is 93.6 Å². The van der Waals surface area contributed by atoms with Gasteiger partial charge in [0.15, 0.2) is 0 Å². The van der Waals surface area contributed by atoms with Crippen LogP contribution in [0.25, 0.3) is 16.8 Å². The van der Waals surface area contributed by atoms with E-state index in [-0.39, 0.29) is 5.57 Å². The van der Waals surface area contributed by atoms with Gasteiger partial charge in [-0.1, -0.05) is 72.3 Å². The average molecular weight is 447 g/mol. The molecule has 0 bridgehead atoms. The second-order valence-corrected chi connectivity index (χ2v) is 8.42. The Morgan fingerprint density at radius 2 is 1.74 bits per heavy atom. The first-order valence-electron chi connectivity index (χ1n) is 11.1. The third-order valence-electron chi connectivity index (χ3n) is 5.70. The Hall–Kier alpha value is -4.36. The second-order valence-electron chi connectivity index (χ2n) is 8.42. The number of carbonyl (C=O) groups excluding carboxylic acids is 1. The molecule has 0 fully saturated rings. The highest BCUT2D eigenvalue weighted by atomic mass is 16.5. The normalized spacial score (nSPS) is 11.2. The molecule has 0 saturated carbocycles. The molecular weight excluding hydrogens is 420 g/mol. The predicted molar refractivity (Wildman–Crippen MR) is 138 cm³/mol. The van der Waals surface area contributed by atoms with Crippen LogP contribution >= 0.6 is 0 Å². The maximum absolute atomic E-state index is 13.0. The molecule has 0 aromatic heterocycles. The lowest BCUT2D eigenvalue weighted by Crippen LogP contribution is -2.14. The lowest BCUT2D eigenvalue weighted by Gasteiger charge is -2.13. The number of nitrogens with zero attached hydrogens (tertiary/aromatic N) is 1. The van der Waals surface area contributed by atoms with Crippen LogP contribution < -0.4 is 10.1 Å². The third kappa shape index (κ3) is 5.16. The van der Waals surface area contributed by atoms with E-state index in [0.29, 0.717) is 23.6 Å². The Labute approximate surface area is 200 Å². The van der Waals surface area contributed by atoms with Crippen molar-refractivity contribution >= 4 is 28.4 Å². The van der Waals surface area contributed by atoms with Crippen LogP contribution in [0.2, 0.25) is 0 Å². The van der Waals surface area contributed by atoms with Crippen molar-refractivity contribution in [3.05, 3.63) is 112 Å². The van der Waals surface area contributed by atoms with Crippen LogP contribution in [-0.2, 0) is 11.4 Å². The van der Waals surface area contributed by atoms with Crippen molar-refractivity contribution in [2.24, 2.45) is 0 Å². The molecule has 1 amide bonds. The van der Waals surface area contributed by atoms with E-state index in [4.69, 9.17) is 4.74 Å². The molecule has 0 aliphatic carbocycles. The van der Waals surface area contributed by atoms with Crippen LogP contribution in [-0.4, -0.2) is 5.91 Å². The highest BCUT2D eigenvalue weighted by Crippen LogP contribution is 2.31. The van der Waals surface area contributed by atoms with Gasteiger partial charge in [-0.25, -0.2) is 0 Å². The topological polar surface area (TPSA) is 62.1 Å². The van der Waals surface area contributed by atoms with E-state index in [2.05, 4.69) is 17.5 Å². The Morgan fingerprint density at radius 3 is 2.53 bits per heavy atom. The highest BCUT2D eigenvalue weighted by molar-refractivity contribution is 6.11. The molecule has 0 unspecified atom stereocenters. The second kappa shape index (κ2) is 10.1. The van der Waals surface area contributed by atoms with Crippen molar-refractivity contribution in [1.29, 1.82) is 5.26 Å². The third-order valence-corrected chi connectivity index (χ3v) is 5.70. The Bertz CT molecular complexity index is 1440. The molecular formula is C30H26N2O2. The van der Waals surface area contributed by atoms with Crippen LogP contribution in [0.5, 0.6) is 5.75 Å². The van der Waals surface area contributed by atoms with Gasteiger partial charge in [0.1, 0.15) is 24.0 Å². The van der Waals surface area contributed by atoms with Gasteiger partial charge >= 0.3 is 0 Å². The molecule has 0 heterocycles. The van der Waals surface area contributed by atoms with E-state index in [1.54, 1.807) is 6.08 Å². The molecule has 0 radical (unpaired) electrons. The van der Waals surface area contributed by atoms with E-state index in [1.165, 1.54) is 0 Å². The first kappa shape index (κ1) is 22.8. The lowest BCUT2D eigenvalue weighted by molar-refractivity contribution is -0.112. The number of carbonyl (C=O) groups is 1. The van der Waals surface area contributed by atoms with Crippen LogP contribution in [0.15, 0.2) is 84.4 Å². The fourth-order valence-electron chi connectivity index (χ4n) is 3.87. The van der Waals surface area contributed by atoms with Gasteiger partial charge in [-0.15, -0.1) is 0 Å². The molecule has 168 valence electrons. The van der Waals surface area contributed by atoms with Crippen molar-refractivity contribution in [3.8, 4) is 11.8 Å². The molecule has 4 heteroatoms. The molecule has 0 aliphatic heterocycles. The summed E-state index contributed by atoms with van der Waals surface area (Å²) in [4.78, 5) is 13.0. The smallest absolute Gasteiger partial charge is 0.266 e.